The van der Waals surface area contributed by atoms with Crippen LogP contribution in [0.5, 0.6) is 0 Å². The molecule has 0 unspecified atom stereocenters. The van der Waals surface area contributed by atoms with Crippen molar-refractivity contribution >= 4 is 5.97 Å². The molecule has 106 valence electrons. The van der Waals surface area contributed by atoms with E-state index in [9.17, 15) is 9.90 Å². The molecule has 1 saturated heterocycles. The number of aliphatic hydroxyl groups excluding tert-OH is 1. The molecule has 18 heavy (non-hydrogen) atoms. The zero-order valence-electron chi connectivity index (χ0n) is 11.0. The number of aliphatic hydroxyl groups is 1. The Labute approximate surface area is 106 Å². The van der Waals surface area contributed by atoms with Crippen molar-refractivity contribution in [1.29, 1.82) is 0 Å². The van der Waals surface area contributed by atoms with Crippen molar-refractivity contribution in [2.75, 3.05) is 27.9 Å². The minimum absolute atomic E-state index is 0.0273. The lowest BCUT2D eigenvalue weighted by atomic mass is 10.1. The molecule has 0 aromatic carbocycles. The van der Waals surface area contributed by atoms with Crippen LogP contribution in [0, 0.1) is 0 Å². The van der Waals surface area contributed by atoms with E-state index in [-0.39, 0.29) is 6.61 Å². The number of ether oxygens (including phenoxy) is 5. The Hall–Kier alpha value is -0.730. The summed E-state index contributed by atoms with van der Waals surface area (Å²) in [5, 5.41) is 9.69. The van der Waals surface area contributed by atoms with Crippen molar-refractivity contribution in [3.63, 3.8) is 0 Å². The van der Waals surface area contributed by atoms with Crippen molar-refractivity contribution < 1.29 is 33.6 Å². The highest BCUT2D eigenvalue weighted by Gasteiger charge is 2.48. The van der Waals surface area contributed by atoms with Crippen LogP contribution in [0.25, 0.3) is 0 Å². The molecule has 0 radical (unpaired) electrons. The van der Waals surface area contributed by atoms with Gasteiger partial charge in [-0.3, -0.25) is 4.79 Å². The Kier molecular flexibility index (Phi) is 5.97. The summed E-state index contributed by atoms with van der Waals surface area (Å²) < 4.78 is 25.8. The first kappa shape index (κ1) is 15.3. The van der Waals surface area contributed by atoms with Crippen LogP contribution in [-0.4, -0.2) is 69.7 Å². The minimum atomic E-state index is -1.10. The average molecular weight is 264 g/mol. The third kappa shape index (κ3) is 3.39. The van der Waals surface area contributed by atoms with Gasteiger partial charge in [0.25, 0.3) is 0 Å². The molecule has 0 aromatic rings. The second-order valence-corrected chi connectivity index (χ2v) is 3.97. The number of hydrogen-bond acceptors (Lipinski definition) is 7. The second kappa shape index (κ2) is 7.01. The monoisotopic (exact) mass is 264 g/mol. The first-order chi connectivity index (χ1) is 8.54. The lowest BCUT2D eigenvalue weighted by molar-refractivity contribution is -0.168. The van der Waals surface area contributed by atoms with Crippen molar-refractivity contribution in [3.05, 3.63) is 0 Å². The molecular weight excluding hydrogens is 244 g/mol. The van der Waals surface area contributed by atoms with Crippen LogP contribution in [0.4, 0.5) is 0 Å². The largest absolute Gasteiger partial charge is 0.463 e. The first-order valence-corrected chi connectivity index (χ1v) is 5.60. The van der Waals surface area contributed by atoms with Gasteiger partial charge in [0.05, 0.1) is 0 Å². The number of carbonyl (C=O) groups excluding carboxylic acids is 1. The molecule has 7 heteroatoms. The van der Waals surface area contributed by atoms with Gasteiger partial charge < -0.3 is 28.8 Å². The Bertz CT molecular complexity index is 270. The maximum absolute atomic E-state index is 10.8. The lowest BCUT2D eigenvalue weighted by Gasteiger charge is -2.26. The van der Waals surface area contributed by atoms with Crippen molar-refractivity contribution in [1.82, 2.24) is 0 Å². The zero-order chi connectivity index (χ0) is 13.7. The van der Waals surface area contributed by atoms with Crippen LogP contribution in [-0.2, 0) is 28.5 Å². The molecule has 0 spiro atoms. The molecule has 0 aromatic heterocycles. The maximum Gasteiger partial charge on any atom is 0.302 e. The molecule has 1 rings (SSSR count). The van der Waals surface area contributed by atoms with Gasteiger partial charge in [-0.2, -0.15) is 0 Å². The molecule has 0 saturated carbocycles. The van der Waals surface area contributed by atoms with Crippen LogP contribution in [0.15, 0.2) is 0 Å². The van der Waals surface area contributed by atoms with E-state index in [1.165, 1.54) is 28.3 Å². The third-order valence-electron chi connectivity index (χ3n) is 2.89. The summed E-state index contributed by atoms with van der Waals surface area (Å²) in [6.07, 6.45) is -3.30. The first-order valence-electron chi connectivity index (χ1n) is 5.60. The number of methoxy groups -OCH3 is 3. The van der Waals surface area contributed by atoms with E-state index < -0.39 is 36.7 Å². The van der Waals surface area contributed by atoms with Crippen molar-refractivity contribution in [3.8, 4) is 0 Å². The SMILES string of the molecule is CO[C@@H]1[C@@H](OC)[C@@H](O)O[C@H]1[C@@H](COC(C)=O)OC. The maximum atomic E-state index is 10.8. The quantitative estimate of drug-likeness (QED) is 0.636. The second-order valence-electron chi connectivity index (χ2n) is 3.97. The van der Waals surface area contributed by atoms with E-state index in [2.05, 4.69) is 0 Å². The van der Waals surface area contributed by atoms with Gasteiger partial charge in [0.15, 0.2) is 6.29 Å². The predicted octanol–water partition coefficient (Wildman–Crippen LogP) is -0.688. The predicted molar refractivity (Wildman–Crippen MR) is 59.9 cm³/mol. The Morgan fingerprint density at radius 1 is 1.28 bits per heavy atom. The molecule has 1 aliphatic heterocycles. The fraction of sp³-hybridized carbons (Fsp3) is 0.909. The highest BCUT2D eigenvalue weighted by atomic mass is 16.7. The Balaban J connectivity index is 2.69. The van der Waals surface area contributed by atoms with Gasteiger partial charge in [0.1, 0.15) is 31.0 Å². The van der Waals surface area contributed by atoms with Gasteiger partial charge in [0, 0.05) is 28.3 Å². The van der Waals surface area contributed by atoms with Crippen molar-refractivity contribution in [2.45, 2.75) is 37.6 Å². The van der Waals surface area contributed by atoms with Crippen LogP contribution in [0.2, 0.25) is 0 Å². The zero-order valence-corrected chi connectivity index (χ0v) is 11.0. The van der Waals surface area contributed by atoms with Crippen LogP contribution < -0.4 is 0 Å². The molecule has 1 fully saturated rings. The van der Waals surface area contributed by atoms with Gasteiger partial charge >= 0.3 is 5.97 Å². The summed E-state index contributed by atoms with van der Waals surface area (Å²) in [5.74, 6) is -0.409. The summed E-state index contributed by atoms with van der Waals surface area (Å²) >= 11 is 0. The van der Waals surface area contributed by atoms with E-state index >= 15 is 0 Å². The van der Waals surface area contributed by atoms with Gasteiger partial charge in [-0.25, -0.2) is 0 Å². The van der Waals surface area contributed by atoms with Crippen LogP contribution >= 0.6 is 0 Å². The highest BCUT2D eigenvalue weighted by molar-refractivity contribution is 5.65. The third-order valence-corrected chi connectivity index (χ3v) is 2.89. The fourth-order valence-corrected chi connectivity index (χ4v) is 1.98. The van der Waals surface area contributed by atoms with E-state index in [0.29, 0.717) is 0 Å². The molecule has 7 nitrogen and oxygen atoms in total. The summed E-state index contributed by atoms with van der Waals surface area (Å²) in [6, 6.07) is 0. The molecular formula is C11H20O7. The van der Waals surface area contributed by atoms with Gasteiger partial charge in [-0.1, -0.05) is 0 Å². The molecule has 1 heterocycles. The number of carbonyl (C=O) groups is 1. The van der Waals surface area contributed by atoms with Gasteiger partial charge in [0.2, 0.25) is 0 Å². The average Bonchev–Trinajstić information content (AvgIpc) is 2.65. The van der Waals surface area contributed by atoms with E-state index in [1.807, 2.05) is 0 Å². The molecule has 1 N–H and O–H groups in total. The number of rotatable bonds is 6. The molecule has 1 aliphatic rings. The van der Waals surface area contributed by atoms with Crippen LogP contribution in [0.3, 0.4) is 0 Å². The Morgan fingerprint density at radius 2 is 1.89 bits per heavy atom. The van der Waals surface area contributed by atoms with Crippen molar-refractivity contribution in [2.24, 2.45) is 0 Å². The van der Waals surface area contributed by atoms with Crippen LogP contribution in [0.1, 0.15) is 6.92 Å². The normalized spacial score (nSPS) is 33.4. The molecule has 0 aliphatic carbocycles. The summed E-state index contributed by atoms with van der Waals surface area (Å²) in [5.41, 5.74) is 0. The summed E-state index contributed by atoms with van der Waals surface area (Å²) in [6.45, 7) is 1.34. The molecule has 0 amide bonds. The van der Waals surface area contributed by atoms with E-state index in [0.717, 1.165) is 0 Å². The fourth-order valence-electron chi connectivity index (χ4n) is 1.98. The summed E-state index contributed by atoms with van der Waals surface area (Å²) in [7, 11) is 4.42. The van der Waals surface area contributed by atoms with Gasteiger partial charge in [-0.15, -0.1) is 0 Å². The molecule has 5 atom stereocenters. The number of esters is 1. The van der Waals surface area contributed by atoms with Gasteiger partial charge in [-0.05, 0) is 0 Å². The smallest absolute Gasteiger partial charge is 0.302 e. The topological polar surface area (TPSA) is 83.5 Å². The number of hydrogen-bond donors (Lipinski definition) is 1. The Morgan fingerprint density at radius 3 is 2.33 bits per heavy atom. The molecule has 0 bridgehead atoms. The van der Waals surface area contributed by atoms with E-state index in [1.54, 1.807) is 0 Å². The lowest BCUT2D eigenvalue weighted by Crippen LogP contribution is -2.44. The van der Waals surface area contributed by atoms with E-state index in [4.69, 9.17) is 23.7 Å². The minimum Gasteiger partial charge on any atom is -0.463 e. The highest BCUT2D eigenvalue weighted by Crippen LogP contribution is 2.27. The summed E-state index contributed by atoms with van der Waals surface area (Å²) in [4.78, 5) is 10.8. The standard InChI is InChI=1S/C11H20O7/c1-6(12)17-5-7(14-2)8-9(15-3)10(16-4)11(13)18-8/h7-11,13H,5H2,1-4H3/t7-,8+,9+,10-,11+/m1/s1.